The zero-order valence-corrected chi connectivity index (χ0v) is 9.14. The maximum absolute atomic E-state index is 13.0. The number of hydrogen-bond donors (Lipinski definition) is 2. The molecule has 18 heavy (non-hydrogen) atoms. The van der Waals surface area contributed by atoms with Gasteiger partial charge < -0.3 is 15.2 Å². The lowest BCUT2D eigenvalue weighted by Crippen LogP contribution is -2.29. The van der Waals surface area contributed by atoms with E-state index in [0.29, 0.717) is 0 Å². The van der Waals surface area contributed by atoms with Gasteiger partial charge in [0.05, 0.1) is 11.6 Å². The number of carbonyl (C=O) groups excluding carboxylic acids is 1. The van der Waals surface area contributed by atoms with Gasteiger partial charge in [0.15, 0.2) is 6.61 Å². The summed E-state index contributed by atoms with van der Waals surface area (Å²) in [5.74, 6) is -2.70. The fraction of sp³-hybridized carbons (Fsp3) is 0.182. The molecule has 7 heteroatoms. The van der Waals surface area contributed by atoms with Gasteiger partial charge in [0, 0.05) is 6.07 Å². The van der Waals surface area contributed by atoms with Crippen LogP contribution in [0.2, 0.25) is 0 Å². The first-order chi connectivity index (χ1) is 8.52. The maximum atomic E-state index is 13.0. The first-order valence-electron chi connectivity index (χ1n) is 4.83. The number of nitrogens with zero attached hydrogens (tertiary/aromatic N) is 1. The highest BCUT2D eigenvalue weighted by Gasteiger charge is 2.09. The first kappa shape index (κ1) is 13.4. The predicted octanol–water partition coefficient (Wildman–Crippen LogP) is 0.542. The van der Waals surface area contributed by atoms with Gasteiger partial charge in [-0.1, -0.05) is 0 Å². The number of rotatable bonds is 5. The molecule has 0 unspecified atom stereocenters. The molecule has 0 saturated heterocycles. The molecule has 0 heterocycles. The monoisotopic (exact) mass is 252 g/mol. The second-order valence-electron chi connectivity index (χ2n) is 3.20. The first-order valence-corrected chi connectivity index (χ1v) is 4.83. The molecule has 0 aliphatic rings. The highest BCUT2D eigenvalue weighted by molar-refractivity contribution is 5.88. The van der Waals surface area contributed by atoms with Crippen LogP contribution in [0.3, 0.4) is 0 Å². The number of amides is 1. The van der Waals surface area contributed by atoms with Crippen molar-refractivity contribution in [2.24, 2.45) is 0 Å². The Hall–Kier alpha value is -2.62. The molecule has 0 aromatic heterocycles. The lowest BCUT2D eigenvalue weighted by atomic mass is 10.2. The molecule has 0 spiro atoms. The van der Waals surface area contributed by atoms with Crippen LogP contribution in [0.1, 0.15) is 10.4 Å². The molecular formula is C11H9FN2O4. The normalized spacial score (nSPS) is 9.33. The minimum atomic E-state index is -1.30. The highest BCUT2D eigenvalue weighted by atomic mass is 19.1. The van der Waals surface area contributed by atoms with Crippen molar-refractivity contribution in [2.75, 3.05) is 13.2 Å². The van der Waals surface area contributed by atoms with E-state index in [1.165, 1.54) is 0 Å². The van der Waals surface area contributed by atoms with Gasteiger partial charge in [-0.15, -0.1) is 0 Å². The lowest BCUT2D eigenvalue weighted by Gasteiger charge is -2.06. The van der Waals surface area contributed by atoms with Gasteiger partial charge in [-0.05, 0) is 12.1 Å². The van der Waals surface area contributed by atoms with Crippen LogP contribution in [0.25, 0.3) is 0 Å². The van der Waals surface area contributed by atoms with E-state index in [-0.39, 0.29) is 17.9 Å². The van der Waals surface area contributed by atoms with Crippen molar-refractivity contribution in [3.05, 3.63) is 29.6 Å². The fourth-order valence-electron chi connectivity index (χ4n) is 1.11. The molecule has 94 valence electrons. The van der Waals surface area contributed by atoms with Gasteiger partial charge in [0.25, 0.3) is 5.91 Å². The van der Waals surface area contributed by atoms with Gasteiger partial charge in [0.1, 0.15) is 18.1 Å². The van der Waals surface area contributed by atoms with E-state index in [2.05, 4.69) is 5.32 Å². The third kappa shape index (κ3) is 4.09. The van der Waals surface area contributed by atoms with Crippen molar-refractivity contribution in [1.29, 1.82) is 5.26 Å². The van der Waals surface area contributed by atoms with Gasteiger partial charge in [-0.3, -0.25) is 4.79 Å². The molecule has 0 bridgehead atoms. The van der Waals surface area contributed by atoms with Gasteiger partial charge in [0.2, 0.25) is 0 Å². The van der Waals surface area contributed by atoms with Gasteiger partial charge >= 0.3 is 5.97 Å². The van der Waals surface area contributed by atoms with Crippen LogP contribution >= 0.6 is 0 Å². The average molecular weight is 252 g/mol. The molecule has 0 atom stereocenters. The number of aromatic carboxylic acids is 1. The van der Waals surface area contributed by atoms with E-state index in [1.807, 2.05) is 0 Å². The topological polar surface area (TPSA) is 99.4 Å². The SMILES string of the molecule is N#CCNC(=O)COc1cc(F)cc(C(=O)O)c1. The summed E-state index contributed by atoms with van der Waals surface area (Å²) in [7, 11) is 0. The second kappa shape index (κ2) is 6.20. The number of carboxylic acid groups (broad SMARTS) is 1. The number of nitrogens with one attached hydrogen (secondary N) is 1. The lowest BCUT2D eigenvalue weighted by molar-refractivity contribution is -0.122. The third-order valence-corrected chi connectivity index (χ3v) is 1.85. The number of carbonyl (C=O) groups is 2. The number of ether oxygens (including phenoxy) is 1. The fourth-order valence-corrected chi connectivity index (χ4v) is 1.11. The maximum Gasteiger partial charge on any atom is 0.335 e. The molecule has 0 aliphatic heterocycles. The van der Waals surface area contributed by atoms with E-state index in [1.54, 1.807) is 6.07 Å². The minimum Gasteiger partial charge on any atom is -0.484 e. The average Bonchev–Trinajstić information content (AvgIpc) is 2.33. The molecule has 1 aromatic rings. The Morgan fingerprint density at radius 2 is 2.17 bits per heavy atom. The second-order valence-corrected chi connectivity index (χ2v) is 3.20. The number of nitriles is 1. The Kier molecular flexibility index (Phi) is 4.63. The Balaban J connectivity index is 2.65. The zero-order chi connectivity index (χ0) is 13.5. The van der Waals surface area contributed by atoms with Crippen LogP contribution in [0.5, 0.6) is 5.75 Å². The third-order valence-electron chi connectivity index (χ3n) is 1.85. The molecule has 0 saturated carbocycles. The molecule has 1 aromatic carbocycles. The van der Waals surface area contributed by atoms with Crippen molar-refractivity contribution in [3.8, 4) is 11.8 Å². The standard InChI is InChI=1S/C11H9FN2O4/c12-8-3-7(11(16)17)4-9(5-8)18-6-10(15)14-2-1-13/h3-5H,2,6H2,(H,14,15)(H,16,17). The van der Waals surface area contributed by atoms with Crippen LogP contribution in [0.15, 0.2) is 18.2 Å². The summed E-state index contributed by atoms with van der Waals surface area (Å²) < 4.78 is 17.9. The van der Waals surface area contributed by atoms with Gasteiger partial charge in [-0.25, -0.2) is 9.18 Å². The molecule has 6 nitrogen and oxygen atoms in total. The summed E-state index contributed by atoms with van der Waals surface area (Å²) in [6.45, 7) is -0.587. The quantitative estimate of drug-likeness (QED) is 0.745. The van der Waals surface area contributed by atoms with E-state index in [0.717, 1.165) is 18.2 Å². The number of carboxylic acids is 1. The van der Waals surface area contributed by atoms with E-state index < -0.39 is 24.3 Å². The molecule has 0 aliphatic carbocycles. The smallest absolute Gasteiger partial charge is 0.335 e. The highest BCUT2D eigenvalue weighted by Crippen LogP contribution is 2.16. The van der Waals surface area contributed by atoms with E-state index >= 15 is 0 Å². The molecule has 1 amide bonds. The Morgan fingerprint density at radius 3 is 2.78 bits per heavy atom. The molecule has 1 rings (SSSR count). The van der Waals surface area contributed by atoms with E-state index in [9.17, 15) is 14.0 Å². The van der Waals surface area contributed by atoms with Crippen molar-refractivity contribution in [3.63, 3.8) is 0 Å². The van der Waals surface area contributed by atoms with Crippen molar-refractivity contribution >= 4 is 11.9 Å². The number of hydrogen-bond acceptors (Lipinski definition) is 4. The molecule has 0 fully saturated rings. The van der Waals surface area contributed by atoms with Crippen molar-refractivity contribution < 1.29 is 23.8 Å². The van der Waals surface area contributed by atoms with Crippen LogP contribution in [-0.4, -0.2) is 30.1 Å². The summed E-state index contributed by atoms with van der Waals surface area (Å²) in [5.41, 5.74) is -0.276. The minimum absolute atomic E-state index is 0.0699. The van der Waals surface area contributed by atoms with E-state index in [4.69, 9.17) is 15.1 Å². The summed E-state index contributed by atoms with van der Waals surface area (Å²) in [4.78, 5) is 21.7. The van der Waals surface area contributed by atoms with Crippen molar-refractivity contribution in [2.45, 2.75) is 0 Å². The summed E-state index contributed by atoms with van der Waals surface area (Å²) in [5, 5.41) is 19.1. The van der Waals surface area contributed by atoms with Crippen LogP contribution < -0.4 is 10.1 Å². The van der Waals surface area contributed by atoms with Crippen LogP contribution in [0, 0.1) is 17.1 Å². The van der Waals surface area contributed by atoms with Crippen molar-refractivity contribution in [1.82, 2.24) is 5.32 Å². The predicted molar refractivity (Wildman–Crippen MR) is 57.5 cm³/mol. The number of benzene rings is 1. The summed E-state index contributed by atoms with van der Waals surface area (Å²) in [6.07, 6.45) is 0. The molecular weight excluding hydrogens is 243 g/mol. The number of halogens is 1. The summed E-state index contributed by atoms with van der Waals surface area (Å²) in [6, 6.07) is 4.61. The van der Waals surface area contributed by atoms with Gasteiger partial charge in [-0.2, -0.15) is 5.26 Å². The molecule has 2 N–H and O–H groups in total. The molecule has 0 radical (unpaired) electrons. The van der Waals surface area contributed by atoms with Crippen LogP contribution in [-0.2, 0) is 4.79 Å². The zero-order valence-electron chi connectivity index (χ0n) is 9.14. The largest absolute Gasteiger partial charge is 0.484 e. The van der Waals surface area contributed by atoms with Crippen LogP contribution in [0.4, 0.5) is 4.39 Å². The Morgan fingerprint density at radius 1 is 1.44 bits per heavy atom. The Bertz CT molecular complexity index is 510. The Labute approximate surface area is 102 Å². The summed E-state index contributed by atoms with van der Waals surface area (Å²) >= 11 is 0.